The smallest absolute Gasteiger partial charge is 0.344 e. The van der Waals surface area contributed by atoms with E-state index >= 15 is 0 Å². The number of ether oxygens (including phenoxy) is 2. The number of hydrogen-bond acceptors (Lipinski definition) is 7. The lowest BCUT2D eigenvalue weighted by atomic mass is 9.85. The van der Waals surface area contributed by atoms with Gasteiger partial charge in [0.2, 0.25) is 0 Å². The molecule has 2 aliphatic carbocycles. The van der Waals surface area contributed by atoms with Gasteiger partial charge in [-0.3, -0.25) is 9.59 Å². The number of nitrogens with zero attached hydrogens (tertiary/aromatic N) is 3. The van der Waals surface area contributed by atoms with Crippen molar-refractivity contribution in [3.63, 3.8) is 0 Å². The van der Waals surface area contributed by atoms with E-state index in [0.29, 0.717) is 11.3 Å². The van der Waals surface area contributed by atoms with Crippen molar-refractivity contribution in [2.75, 3.05) is 25.6 Å². The van der Waals surface area contributed by atoms with Gasteiger partial charge in [-0.1, -0.05) is 12.2 Å². The average Bonchev–Trinajstić information content (AvgIpc) is 3.39. The van der Waals surface area contributed by atoms with Crippen molar-refractivity contribution in [2.24, 2.45) is 28.8 Å². The molecule has 2 bridgehead atoms. The molecule has 1 aliphatic heterocycles. The van der Waals surface area contributed by atoms with Crippen LogP contribution in [0.1, 0.15) is 25.8 Å². The van der Waals surface area contributed by atoms with Crippen LogP contribution in [-0.4, -0.2) is 55.8 Å². The fraction of sp³-hybridized carbons (Fsp3) is 0.478. The minimum Gasteiger partial charge on any atom is -0.481 e. The number of benzene rings is 1. The second-order valence-electron chi connectivity index (χ2n) is 8.68. The molecular weight excluding hydrogens is 398 g/mol. The van der Waals surface area contributed by atoms with Crippen molar-refractivity contribution in [3.05, 3.63) is 35.9 Å². The van der Waals surface area contributed by atoms with Crippen LogP contribution in [0.4, 0.5) is 5.69 Å². The fourth-order valence-electron chi connectivity index (χ4n) is 4.59. The van der Waals surface area contributed by atoms with Gasteiger partial charge in [0.05, 0.1) is 24.2 Å². The molecule has 0 spiro atoms. The number of hydrogen-bond donors (Lipinski definition) is 0. The second-order valence-corrected chi connectivity index (χ2v) is 8.68. The summed E-state index contributed by atoms with van der Waals surface area (Å²) < 4.78 is 10.8. The number of imide groups is 1. The zero-order valence-corrected chi connectivity index (χ0v) is 18.1. The first kappa shape index (κ1) is 21.1. The van der Waals surface area contributed by atoms with Gasteiger partial charge in [0.1, 0.15) is 5.75 Å². The third kappa shape index (κ3) is 3.94. The number of esters is 1. The number of hydrazone groups is 1. The minimum absolute atomic E-state index is 0.136. The Morgan fingerprint density at radius 2 is 1.84 bits per heavy atom. The Balaban J connectivity index is 1.53. The lowest BCUT2D eigenvalue weighted by Crippen LogP contribution is -2.28. The molecule has 164 valence electrons. The molecule has 1 aromatic carbocycles. The Morgan fingerprint density at radius 1 is 1.19 bits per heavy atom. The lowest BCUT2D eigenvalue weighted by Gasteiger charge is -2.16. The van der Waals surface area contributed by atoms with Crippen LogP contribution in [0.25, 0.3) is 0 Å². The highest BCUT2D eigenvalue weighted by Crippen LogP contribution is 2.52. The van der Waals surface area contributed by atoms with Gasteiger partial charge in [0.15, 0.2) is 6.61 Å². The van der Waals surface area contributed by atoms with Crippen molar-refractivity contribution >= 4 is 29.7 Å². The molecule has 1 saturated heterocycles. The monoisotopic (exact) mass is 425 g/mol. The Bertz CT molecular complexity index is 938. The molecule has 0 radical (unpaired) electrons. The molecule has 4 atom stereocenters. The number of carbonyl (C=O) groups is 3. The summed E-state index contributed by atoms with van der Waals surface area (Å²) >= 11 is 0. The summed E-state index contributed by atoms with van der Waals surface area (Å²) in [6.45, 7) is 3.28. The van der Waals surface area contributed by atoms with E-state index < -0.39 is 5.97 Å². The molecular formula is C23H27N3O5. The van der Waals surface area contributed by atoms with Gasteiger partial charge in [-0.15, -0.1) is 0 Å². The first-order valence-corrected chi connectivity index (χ1v) is 10.5. The number of amides is 2. The molecule has 2 amide bonds. The summed E-state index contributed by atoms with van der Waals surface area (Å²) in [7, 11) is 3.78. The average molecular weight is 425 g/mol. The molecule has 1 heterocycles. The number of allylic oxidation sites excluding steroid dienone is 2. The third-order valence-corrected chi connectivity index (χ3v) is 5.99. The van der Waals surface area contributed by atoms with Gasteiger partial charge in [0, 0.05) is 31.4 Å². The highest BCUT2D eigenvalue weighted by Gasteiger charge is 2.59. The van der Waals surface area contributed by atoms with Crippen LogP contribution >= 0.6 is 0 Å². The van der Waals surface area contributed by atoms with Crippen LogP contribution in [-0.2, 0) is 19.1 Å². The van der Waals surface area contributed by atoms with Crippen LogP contribution in [0, 0.1) is 23.7 Å². The summed E-state index contributed by atoms with van der Waals surface area (Å²) in [5.41, 5.74) is 1.43. The summed E-state index contributed by atoms with van der Waals surface area (Å²) in [6.07, 6.45) is 6.18. The summed E-state index contributed by atoms with van der Waals surface area (Å²) in [6, 6.07) is 5.42. The van der Waals surface area contributed by atoms with Gasteiger partial charge >= 0.3 is 5.97 Å². The molecule has 1 saturated carbocycles. The van der Waals surface area contributed by atoms with E-state index in [9.17, 15) is 14.4 Å². The van der Waals surface area contributed by atoms with Crippen LogP contribution < -0.4 is 9.64 Å². The van der Waals surface area contributed by atoms with Crippen molar-refractivity contribution in [2.45, 2.75) is 26.4 Å². The number of rotatable bonds is 7. The molecule has 3 aliphatic rings. The molecule has 31 heavy (non-hydrogen) atoms. The highest BCUT2D eigenvalue weighted by atomic mass is 16.6. The first-order valence-electron chi connectivity index (χ1n) is 10.5. The zero-order chi connectivity index (χ0) is 22.3. The van der Waals surface area contributed by atoms with Crippen molar-refractivity contribution in [1.82, 2.24) is 5.01 Å². The van der Waals surface area contributed by atoms with Gasteiger partial charge in [-0.25, -0.2) is 4.79 Å². The van der Waals surface area contributed by atoms with E-state index in [2.05, 4.69) is 5.10 Å². The predicted molar refractivity (Wildman–Crippen MR) is 115 cm³/mol. The van der Waals surface area contributed by atoms with E-state index in [4.69, 9.17) is 9.47 Å². The highest BCUT2D eigenvalue weighted by molar-refractivity contribution is 6.07. The van der Waals surface area contributed by atoms with Crippen LogP contribution in [0.3, 0.4) is 0 Å². The molecule has 0 N–H and O–H groups in total. The van der Waals surface area contributed by atoms with Gasteiger partial charge in [0.25, 0.3) is 11.8 Å². The number of fused-ring (bicyclic) bond motifs is 5. The fourth-order valence-corrected chi connectivity index (χ4v) is 4.59. The van der Waals surface area contributed by atoms with Gasteiger partial charge < -0.3 is 14.4 Å². The normalized spacial score (nSPS) is 26.3. The van der Waals surface area contributed by atoms with E-state index in [1.54, 1.807) is 26.0 Å². The quantitative estimate of drug-likeness (QED) is 0.288. The predicted octanol–water partition coefficient (Wildman–Crippen LogP) is 2.22. The SMILES string of the molecule is CC(C)OC(=O)COc1cc(N(C)C)ccc1C=NN1C(=O)C2C3C=CC(C3)C2C1=O. The molecule has 2 fully saturated rings. The molecule has 4 rings (SSSR count). The van der Waals surface area contributed by atoms with Crippen molar-refractivity contribution in [1.29, 1.82) is 0 Å². The second kappa shape index (κ2) is 8.17. The summed E-state index contributed by atoms with van der Waals surface area (Å²) in [4.78, 5) is 39.4. The number of anilines is 1. The molecule has 1 aromatic rings. The molecule has 4 unspecified atom stereocenters. The topological polar surface area (TPSA) is 88.5 Å². The summed E-state index contributed by atoms with van der Waals surface area (Å²) in [5, 5.41) is 5.22. The van der Waals surface area contributed by atoms with E-state index in [1.165, 1.54) is 6.21 Å². The Labute approximate surface area is 181 Å². The largest absolute Gasteiger partial charge is 0.481 e. The maximum Gasteiger partial charge on any atom is 0.344 e. The minimum atomic E-state index is -0.478. The van der Waals surface area contributed by atoms with E-state index in [-0.39, 0.29) is 48.2 Å². The van der Waals surface area contributed by atoms with Gasteiger partial charge in [-0.05, 0) is 44.2 Å². The Hall–Kier alpha value is -3.16. The van der Waals surface area contributed by atoms with E-state index in [1.807, 2.05) is 37.2 Å². The van der Waals surface area contributed by atoms with Crippen LogP contribution in [0.2, 0.25) is 0 Å². The first-order chi connectivity index (χ1) is 14.8. The molecule has 0 aromatic heterocycles. The third-order valence-electron chi connectivity index (χ3n) is 5.99. The van der Waals surface area contributed by atoms with E-state index in [0.717, 1.165) is 17.1 Å². The lowest BCUT2D eigenvalue weighted by molar-refractivity contribution is -0.149. The van der Waals surface area contributed by atoms with Crippen LogP contribution in [0.5, 0.6) is 5.75 Å². The zero-order valence-electron chi connectivity index (χ0n) is 18.1. The number of carbonyl (C=O) groups excluding carboxylic acids is 3. The Morgan fingerprint density at radius 3 is 2.42 bits per heavy atom. The molecule has 8 nitrogen and oxygen atoms in total. The maximum atomic E-state index is 12.8. The van der Waals surface area contributed by atoms with Crippen molar-refractivity contribution in [3.8, 4) is 5.75 Å². The standard InChI is InChI=1S/C23H27N3O5/c1-13(2)31-19(27)12-30-18-10-17(25(3)4)8-7-16(18)11-24-26-22(28)20-14-5-6-15(9-14)21(20)23(26)29/h5-8,10-11,13-15,20-21H,9,12H2,1-4H3. The summed E-state index contributed by atoms with van der Waals surface area (Å²) in [5.74, 6) is -0.860. The maximum absolute atomic E-state index is 12.8. The van der Waals surface area contributed by atoms with Crippen molar-refractivity contribution < 1.29 is 23.9 Å². The van der Waals surface area contributed by atoms with Gasteiger partial charge in [-0.2, -0.15) is 10.1 Å². The van der Waals surface area contributed by atoms with Crippen LogP contribution in [0.15, 0.2) is 35.5 Å². The molecule has 8 heteroatoms. The Kier molecular flexibility index (Phi) is 5.56.